The summed E-state index contributed by atoms with van der Waals surface area (Å²) in [6.07, 6.45) is -0.136. The molecule has 2 atom stereocenters. The average Bonchev–Trinajstić information content (AvgIpc) is 3.23. The van der Waals surface area contributed by atoms with Gasteiger partial charge in [-0.2, -0.15) is 0 Å². The minimum absolute atomic E-state index is 0.0613. The number of benzene rings is 3. The molecule has 1 aliphatic rings. The van der Waals surface area contributed by atoms with Gasteiger partial charge in [0.05, 0.1) is 0 Å². The Morgan fingerprint density at radius 1 is 0.879 bits per heavy atom. The van der Waals surface area contributed by atoms with Gasteiger partial charge in [-0.25, -0.2) is 0 Å². The average molecular weight is 523 g/mol. The summed E-state index contributed by atoms with van der Waals surface area (Å²) in [6.45, 7) is 12.0. The molecule has 3 nitrogen and oxygen atoms in total. The molecule has 0 saturated carbocycles. The molecule has 5 heteroatoms. The van der Waals surface area contributed by atoms with E-state index in [0.717, 1.165) is 17.0 Å². The Hall–Kier alpha value is -2.17. The molecule has 0 saturated heterocycles. The molecule has 1 aliphatic heterocycles. The minimum atomic E-state index is -1.89. The summed E-state index contributed by atoms with van der Waals surface area (Å²) in [4.78, 5) is 5.11. The van der Waals surface area contributed by atoms with E-state index >= 15 is 0 Å². The van der Waals surface area contributed by atoms with E-state index in [4.69, 9.17) is 14.2 Å². The van der Waals surface area contributed by atoms with Crippen LogP contribution in [-0.4, -0.2) is 41.8 Å². The van der Waals surface area contributed by atoms with Gasteiger partial charge in [-0.05, 0) is 0 Å². The van der Waals surface area contributed by atoms with Crippen molar-refractivity contribution in [3.8, 4) is 0 Å². The number of hydrogen-bond donors (Lipinski definition) is 0. The van der Waals surface area contributed by atoms with Crippen LogP contribution in [0.4, 0.5) is 0 Å². The molecule has 4 rings (SSSR count). The number of ether oxygens (including phenoxy) is 1. The number of rotatable bonds is 7. The van der Waals surface area contributed by atoms with Gasteiger partial charge in [0.15, 0.2) is 0 Å². The predicted octanol–water partition coefficient (Wildman–Crippen LogP) is 5.25. The van der Waals surface area contributed by atoms with Crippen LogP contribution < -0.4 is 8.92 Å². The number of nitrogens with zero attached hydrogens (tertiary/aromatic N) is 1. The standard InChI is InChI=1S/C28H33NO2SeSi/c1-28(2,3)33(4,5)30-20-24-26(21-14-8-6-9-15-21)31-27(29-24)23-18-12-13-19-25(23)32-22-16-10-7-11-17-22/h6-19,24,26H,20H2,1-5H3/t24-,26-/m0/s1. The number of aliphatic imine (C=N–C) groups is 1. The van der Waals surface area contributed by atoms with Gasteiger partial charge in [-0.1, -0.05) is 0 Å². The Labute approximate surface area is 205 Å². The van der Waals surface area contributed by atoms with Crippen LogP contribution in [0.2, 0.25) is 18.1 Å². The summed E-state index contributed by atoms with van der Waals surface area (Å²) in [5.41, 5.74) is 2.24. The van der Waals surface area contributed by atoms with Gasteiger partial charge in [0.2, 0.25) is 0 Å². The van der Waals surface area contributed by atoms with E-state index in [1.54, 1.807) is 0 Å². The molecule has 0 amide bonds. The van der Waals surface area contributed by atoms with Crippen molar-refractivity contribution in [1.82, 2.24) is 0 Å². The number of hydrogen-bond acceptors (Lipinski definition) is 3. The zero-order chi connectivity index (χ0) is 23.5. The first-order valence-electron chi connectivity index (χ1n) is 11.5. The SMILES string of the molecule is CC(C)(C)[Si](C)(C)OC[C@@H]1N=C(c2ccccc2[Se]c2ccccc2)O[C@H]1c1ccccc1. The van der Waals surface area contributed by atoms with Gasteiger partial charge >= 0.3 is 206 Å². The van der Waals surface area contributed by atoms with Crippen molar-refractivity contribution in [2.24, 2.45) is 4.99 Å². The molecular formula is C28H33NO2SeSi. The first-order valence-corrected chi connectivity index (χ1v) is 16.1. The van der Waals surface area contributed by atoms with Crippen LogP contribution in [-0.2, 0) is 9.16 Å². The Kier molecular flexibility index (Phi) is 7.25. The zero-order valence-corrected chi connectivity index (χ0v) is 22.8. The molecule has 0 aliphatic carbocycles. The van der Waals surface area contributed by atoms with Crippen molar-refractivity contribution < 1.29 is 9.16 Å². The maximum atomic E-state index is 6.60. The second-order valence-electron chi connectivity index (χ2n) is 9.93. The zero-order valence-electron chi connectivity index (χ0n) is 20.1. The molecule has 0 aromatic heterocycles. The van der Waals surface area contributed by atoms with Gasteiger partial charge < -0.3 is 0 Å². The fraction of sp³-hybridized carbons (Fsp3) is 0.321. The molecule has 0 unspecified atom stereocenters. The molecule has 0 radical (unpaired) electrons. The summed E-state index contributed by atoms with van der Waals surface area (Å²) in [5.74, 6) is 0.737. The molecule has 33 heavy (non-hydrogen) atoms. The molecule has 1 heterocycles. The van der Waals surface area contributed by atoms with E-state index in [0.29, 0.717) is 6.61 Å². The first-order chi connectivity index (χ1) is 15.7. The summed E-state index contributed by atoms with van der Waals surface area (Å²) in [5, 5.41) is 0.159. The van der Waals surface area contributed by atoms with Crippen molar-refractivity contribution in [3.63, 3.8) is 0 Å². The summed E-state index contributed by atoms with van der Waals surface area (Å²) in [6, 6.07) is 29.5. The summed E-state index contributed by atoms with van der Waals surface area (Å²) in [7, 11) is -1.89. The molecular weight excluding hydrogens is 489 g/mol. The van der Waals surface area contributed by atoms with E-state index in [9.17, 15) is 0 Å². The second kappa shape index (κ2) is 9.98. The van der Waals surface area contributed by atoms with Crippen molar-refractivity contribution >= 4 is 38.1 Å². The van der Waals surface area contributed by atoms with Gasteiger partial charge in [-0.3, -0.25) is 0 Å². The third-order valence-electron chi connectivity index (χ3n) is 6.51. The van der Waals surface area contributed by atoms with Gasteiger partial charge in [-0.15, -0.1) is 0 Å². The van der Waals surface area contributed by atoms with E-state index < -0.39 is 8.32 Å². The van der Waals surface area contributed by atoms with Crippen LogP contribution in [0.1, 0.15) is 38.0 Å². The van der Waals surface area contributed by atoms with Gasteiger partial charge in [0.25, 0.3) is 0 Å². The third kappa shape index (κ3) is 5.67. The predicted molar refractivity (Wildman–Crippen MR) is 142 cm³/mol. The Morgan fingerprint density at radius 3 is 2.15 bits per heavy atom. The molecule has 0 fully saturated rings. The first kappa shape index (κ1) is 24.0. The summed E-state index contributed by atoms with van der Waals surface area (Å²) >= 11 is 0.182. The van der Waals surface area contributed by atoms with Gasteiger partial charge in [0.1, 0.15) is 0 Å². The molecule has 3 aromatic rings. The van der Waals surface area contributed by atoms with E-state index in [2.05, 4.69) is 113 Å². The Bertz CT molecular complexity index is 1090. The Morgan fingerprint density at radius 2 is 1.48 bits per heavy atom. The van der Waals surface area contributed by atoms with E-state index in [1.807, 2.05) is 6.07 Å². The van der Waals surface area contributed by atoms with Crippen molar-refractivity contribution in [3.05, 3.63) is 96.1 Å². The second-order valence-corrected chi connectivity index (χ2v) is 17.1. The van der Waals surface area contributed by atoms with Crippen LogP contribution in [0.15, 0.2) is 89.9 Å². The monoisotopic (exact) mass is 523 g/mol. The topological polar surface area (TPSA) is 30.8 Å². The van der Waals surface area contributed by atoms with Gasteiger partial charge in [0, 0.05) is 0 Å². The van der Waals surface area contributed by atoms with Crippen molar-refractivity contribution in [1.29, 1.82) is 0 Å². The fourth-order valence-corrected chi connectivity index (χ4v) is 6.53. The third-order valence-corrected chi connectivity index (χ3v) is 13.3. The van der Waals surface area contributed by atoms with Crippen LogP contribution in [0.3, 0.4) is 0 Å². The quantitative estimate of drug-likeness (QED) is 0.397. The van der Waals surface area contributed by atoms with Crippen molar-refractivity contribution in [2.45, 2.75) is 51.0 Å². The fourth-order valence-electron chi connectivity index (χ4n) is 3.50. The summed E-state index contributed by atoms with van der Waals surface area (Å²) < 4.78 is 15.8. The van der Waals surface area contributed by atoms with Crippen LogP contribution in [0, 0.1) is 0 Å². The van der Waals surface area contributed by atoms with Crippen molar-refractivity contribution in [2.75, 3.05) is 6.61 Å². The molecule has 0 N–H and O–H groups in total. The molecule has 3 aromatic carbocycles. The van der Waals surface area contributed by atoms with Crippen LogP contribution in [0.25, 0.3) is 0 Å². The maximum absolute atomic E-state index is 6.60. The molecule has 172 valence electrons. The normalized spacial score (nSPS) is 18.6. The molecule has 0 bridgehead atoms. The van der Waals surface area contributed by atoms with E-state index in [1.165, 1.54) is 8.92 Å². The Balaban J connectivity index is 1.63. The molecule has 0 spiro atoms. The van der Waals surface area contributed by atoms with E-state index in [-0.39, 0.29) is 32.1 Å². The van der Waals surface area contributed by atoms with Crippen LogP contribution >= 0.6 is 0 Å². The van der Waals surface area contributed by atoms with Crippen LogP contribution in [0.5, 0.6) is 0 Å².